The number of nitrogens with zero attached hydrogens (tertiary/aromatic N) is 5. The number of benzene rings is 1. The number of nitrogen functional groups attached to an aromatic ring is 1. The lowest BCUT2D eigenvalue weighted by Crippen LogP contribution is -2.43. The van der Waals surface area contributed by atoms with Gasteiger partial charge in [-0.2, -0.15) is 0 Å². The Morgan fingerprint density at radius 2 is 2.00 bits per heavy atom. The Morgan fingerprint density at radius 3 is 2.73 bits per heavy atom. The number of rotatable bonds is 5. The number of carbonyl (C=O) groups is 2. The molecule has 13 nitrogen and oxygen atoms in total. The molecule has 2 amide bonds. The van der Waals surface area contributed by atoms with Crippen molar-refractivity contribution in [3.63, 3.8) is 0 Å². The summed E-state index contributed by atoms with van der Waals surface area (Å²) in [4.78, 5) is 38.6. The zero-order chi connectivity index (χ0) is 26.1. The number of hydrogen-bond donors (Lipinski definition) is 4. The summed E-state index contributed by atoms with van der Waals surface area (Å²) >= 11 is 0. The Morgan fingerprint density at radius 1 is 1.24 bits per heavy atom. The quantitative estimate of drug-likeness (QED) is 0.338. The lowest BCUT2D eigenvalue weighted by molar-refractivity contribution is -0.137. The molecule has 0 bridgehead atoms. The van der Waals surface area contributed by atoms with Crippen molar-refractivity contribution in [1.29, 1.82) is 0 Å². The number of fused-ring (bicyclic) bond motifs is 1. The van der Waals surface area contributed by atoms with E-state index in [2.05, 4.69) is 32.1 Å². The van der Waals surface area contributed by atoms with Crippen LogP contribution in [-0.2, 0) is 9.53 Å². The van der Waals surface area contributed by atoms with Crippen LogP contribution in [0.15, 0.2) is 36.7 Å². The van der Waals surface area contributed by atoms with Crippen molar-refractivity contribution in [2.75, 3.05) is 19.3 Å². The summed E-state index contributed by atoms with van der Waals surface area (Å²) in [5, 5.41) is 23.8. The molecule has 0 radical (unpaired) electrons. The van der Waals surface area contributed by atoms with Crippen LogP contribution in [0.3, 0.4) is 0 Å². The van der Waals surface area contributed by atoms with Crippen molar-refractivity contribution in [1.82, 2.24) is 29.7 Å². The first kappa shape index (κ1) is 24.4. The number of nitrogens with two attached hydrogens (primary N) is 1. The average molecular weight is 508 g/mol. The molecule has 1 saturated carbocycles. The van der Waals surface area contributed by atoms with E-state index in [1.807, 2.05) is 6.07 Å². The molecule has 5 rings (SSSR count). The summed E-state index contributed by atoms with van der Waals surface area (Å²) < 4.78 is 12.3. The van der Waals surface area contributed by atoms with Gasteiger partial charge in [0.25, 0.3) is 5.91 Å². The van der Waals surface area contributed by atoms with Gasteiger partial charge in [0.1, 0.15) is 23.5 Å². The molecule has 1 aliphatic heterocycles. The Kier molecular flexibility index (Phi) is 6.62. The van der Waals surface area contributed by atoms with Crippen molar-refractivity contribution < 1.29 is 29.3 Å². The second-order valence-corrected chi connectivity index (χ2v) is 8.81. The Bertz CT molecular complexity index is 1380. The molecule has 1 saturated heterocycles. The molecule has 1 aliphatic carbocycles. The van der Waals surface area contributed by atoms with E-state index in [0.29, 0.717) is 5.75 Å². The highest BCUT2D eigenvalue weighted by Crippen LogP contribution is 2.33. The number of aromatic nitrogens is 4. The molecule has 5 N–H and O–H groups in total. The van der Waals surface area contributed by atoms with Crippen molar-refractivity contribution in [3.05, 3.63) is 42.5 Å². The first-order chi connectivity index (χ1) is 17.8. The lowest BCUT2D eigenvalue weighted by atomic mass is 10.1. The third-order valence-corrected chi connectivity index (χ3v) is 5.92. The summed E-state index contributed by atoms with van der Waals surface area (Å²) in [6.07, 6.45) is -2.74. The molecule has 37 heavy (non-hydrogen) atoms. The van der Waals surface area contributed by atoms with E-state index in [-0.39, 0.29) is 35.4 Å². The van der Waals surface area contributed by atoms with Gasteiger partial charge >= 0.3 is 6.09 Å². The fourth-order valence-corrected chi connectivity index (χ4v) is 3.77. The maximum absolute atomic E-state index is 12.4. The zero-order valence-corrected chi connectivity index (χ0v) is 19.8. The minimum absolute atomic E-state index is 0.0284. The Balaban J connectivity index is 1.31. The highest BCUT2D eigenvalue weighted by Gasteiger charge is 2.48. The van der Waals surface area contributed by atoms with E-state index in [0.717, 1.165) is 12.8 Å². The third kappa shape index (κ3) is 5.17. The summed E-state index contributed by atoms with van der Waals surface area (Å²) in [6, 6.07) is 8.72. The molecule has 0 unspecified atom stereocenters. The Hall–Kier alpha value is -4.25. The van der Waals surface area contributed by atoms with Crippen molar-refractivity contribution in [2.45, 2.75) is 43.4 Å². The first-order valence-electron chi connectivity index (χ1n) is 11.6. The molecule has 1 aromatic carbocycles. The lowest BCUT2D eigenvalue weighted by Gasteiger charge is -2.16. The summed E-state index contributed by atoms with van der Waals surface area (Å²) in [7, 11) is 1.54. The molecule has 3 heterocycles. The number of aliphatic hydroxyl groups is 2. The van der Waals surface area contributed by atoms with Crippen LogP contribution in [-0.4, -0.2) is 84.6 Å². The van der Waals surface area contributed by atoms with Crippen molar-refractivity contribution >= 4 is 29.0 Å². The van der Waals surface area contributed by atoms with Gasteiger partial charge in [-0.05, 0) is 30.9 Å². The Labute approximate surface area is 211 Å². The van der Waals surface area contributed by atoms with Gasteiger partial charge in [0.05, 0.1) is 12.9 Å². The fraction of sp³-hybridized carbons (Fsp3) is 0.375. The molecule has 0 spiro atoms. The van der Waals surface area contributed by atoms with Gasteiger partial charge in [-0.25, -0.2) is 19.7 Å². The SMILES string of the molecule is CN(CC#Cc1nc(N)c2ncn([C@@H]3O[C@H](C(=O)NC4CC4)[C@@H](O)[C@H]3O)c2n1)C(=O)Oc1ccccc1. The first-order valence-corrected chi connectivity index (χ1v) is 11.6. The van der Waals surface area contributed by atoms with Crippen LogP contribution in [0, 0.1) is 11.8 Å². The number of carbonyl (C=O) groups excluding carboxylic acids is 2. The van der Waals surface area contributed by atoms with Crippen molar-refractivity contribution in [2.24, 2.45) is 0 Å². The number of aliphatic hydroxyl groups excluding tert-OH is 2. The minimum Gasteiger partial charge on any atom is -0.410 e. The van der Waals surface area contributed by atoms with Crippen LogP contribution >= 0.6 is 0 Å². The molecule has 2 fully saturated rings. The predicted molar refractivity (Wildman–Crippen MR) is 129 cm³/mol. The molecular formula is C24H25N7O6. The van der Waals surface area contributed by atoms with Crippen molar-refractivity contribution in [3.8, 4) is 17.6 Å². The van der Waals surface area contributed by atoms with Crippen LogP contribution in [0.25, 0.3) is 11.2 Å². The summed E-state index contributed by atoms with van der Waals surface area (Å²) in [5.74, 6) is 5.56. The number of anilines is 1. The van der Waals surface area contributed by atoms with Gasteiger partial charge in [-0.1, -0.05) is 24.1 Å². The van der Waals surface area contributed by atoms with Gasteiger partial charge in [0, 0.05) is 13.1 Å². The number of ether oxygens (including phenoxy) is 2. The summed E-state index contributed by atoms with van der Waals surface area (Å²) in [5.41, 5.74) is 6.48. The van der Waals surface area contributed by atoms with Gasteiger partial charge in [0.2, 0.25) is 5.82 Å². The largest absolute Gasteiger partial charge is 0.415 e. The fourth-order valence-electron chi connectivity index (χ4n) is 3.77. The predicted octanol–water partition coefficient (Wildman–Crippen LogP) is -0.211. The molecule has 3 aromatic rings. The highest BCUT2D eigenvalue weighted by molar-refractivity contribution is 5.83. The maximum Gasteiger partial charge on any atom is 0.415 e. The number of nitrogens with one attached hydrogen (secondary N) is 1. The van der Waals surface area contributed by atoms with Crippen LogP contribution in [0.4, 0.5) is 10.6 Å². The summed E-state index contributed by atoms with van der Waals surface area (Å²) in [6.45, 7) is 0.0284. The van der Waals surface area contributed by atoms with E-state index in [9.17, 15) is 19.8 Å². The second kappa shape index (κ2) is 10.0. The molecule has 13 heteroatoms. The van der Waals surface area contributed by atoms with Crippen LogP contribution < -0.4 is 15.8 Å². The van der Waals surface area contributed by atoms with E-state index in [4.69, 9.17) is 15.2 Å². The molecule has 2 aromatic heterocycles. The van der Waals surface area contributed by atoms with E-state index >= 15 is 0 Å². The molecular weight excluding hydrogens is 482 g/mol. The second-order valence-electron chi connectivity index (χ2n) is 8.81. The van der Waals surface area contributed by atoms with Gasteiger partial charge in [-0.3, -0.25) is 14.3 Å². The maximum atomic E-state index is 12.4. The van der Waals surface area contributed by atoms with E-state index < -0.39 is 36.5 Å². The normalized spacial score (nSPS) is 22.8. The number of imidazole rings is 1. The smallest absolute Gasteiger partial charge is 0.410 e. The number of para-hydroxylation sites is 1. The number of hydrogen-bond acceptors (Lipinski definition) is 10. The molecule has 2 aliphatic rings. The van der Waals surface area contributed by atoms with E-state index in [1.54, 1.807) is 24.3 Å². The zero-order valence-electron chi connectivity index (χ0n) is 19.8. The highest BCUT2D eigenvalue weighted by atomic mass is 16.6. The molecule has 4 atom stereocenters. The van der Waals surface area contributed by atoms with Gasteiger partial charge < -0.3 is 30.7 Å². The molecule has 192 valence electrons. The monoisotopic (exact) mass is 507 g/mol. The third-order valence-electron chi connectivity index (χ3n) is 5.92. The topological polar surface area (TPSA) is 178 Å². The van der Waals surface area contributed by atoms with Crippen LogP contribution in [0.5, 0.6) is 5.75 Å². The van der Waals surface area contributed by atoms with Crippen LogP contribution in [0.2, 0.25) is 0 Å². The number of amides is 2. The minimum atomic E-state index is -1.44. The standard InChI is InChI=1S/C24H25N7O6/c1-30(24(35)36-14-6-3-2-4-7-14)11-5-8-15-28-20(25)16-21(29-15)31(12-26-16)23-18(33)17(32)19(37-23)22(34)27-13-9-10-13/h2-4,6-7,12-13,17-19,23,32-33H,9-11H2,1H3,(H,27,34)(H2,25,28,29)/t17-,18+,19-,23+/m0/s1. The van der Waals surface area contributed by atoms with Gasteiger partial charge in [0.15, 0.2) is 23.8 Å². The van der Waals surface area contributed by atoms with Crippen LogP contribution in [0.1, 0.15) is 24.9 Å². The average Bonchev–Trinajstić information content (AvgIpc) is 3.52. The van der Waals surface area contributed by atoms with Gasteiger partial charge in [-0.15, -0.1) is 0 Å². The van der Waals surface area contributed by atoms with E-state index in [1.165, 1.54) is 22.8 Å².